The van der Waals surface area contributed by atoms with Crippen LogP contribution in [0.25, 0.3) is 11.4 Å². The third-order valence-electron chi connectivity index (χ3n) is 5.10. The molecule has 0 fully saturated rings. The van der Waals surface area contributed by atoms with Gasteiger partial charge in [0.25, 0.3) is 0 Å². The Kier molecular flexibility index (Phi) is 7.54. The molecule has 2 heterocycles. The number of thioether (sulfide) groups is 1. The molecule has 0 spiro atoms. The summed E-state index contributed by atoms with van der Waals surface area (Å²) >= 11 is 1.32. The molecule has 0 atom stereocenters. The van der Waals surface area contributed by atoms with Crippen molar-refractivity contribution in [3.63, 3.8) is 0 Å². The van der Waals surface area contributed by atoms with Gasteiger partial charge >= 0.3 is 0 Å². The maximum Gasteiger partial charge on any atom is 0.230 e. The van der Waals surface area contributed by atoms with Gasteiger partial charge in [-0.1, -0.05) is 42.1 Å². The molecule has 174 valence electrons. The maximum absolute atomic E-state index is 14.4. The van der Waals surface area contributed by atoms with Crippen LogP contribution in [0.5, 0.6) is 11.5 Å². The van der Waals surface area contributed by atoms with Crippen molar-refractivity contribution in [3.8, 4) is 22.9 Å². The second kappa shape index (κ2) is 10.9. The summed E-state index contributed by atoms with van der Waals surface area (Å²) < 4.78 is 21.9. The first kappa shape index (κ1) is 23.4. The van der Waals surface area contributed by atoms with Crippen molar-refractivity contribution in [3.05, 3.63) is 83.9 Å². The van der Waals surface area contributed by atoms with Crippen LogP contribution in [0.1, 0.15) is 18.1 Å². The Bertz CT molecular complexity index is 1280. The van der Waals surface area contributed by atoms with Gasteiger partial charge in [-0.25, -0.2) is 4.39 Å². The number of pyridine rings is 1. The first-order chi connectivity index (χ1) is 16.5. The van der Waals surface area contributed by atoms with Crippen molar-refractivity contribution in [1.82, 2.24) is 25.1 Å². The molecule has 0 aliphatic heterocycles. The zero-order valence-corrected chi connectivity index (χ0v) is 19.7. The van der Waals surface area contributed by atoms with Crippen molar-refractivity contribution in [2.24, 2.45) is 0 Å². The summed E-state index contributed by atoms with van der Waals surface area (Å²) in [4.78, 5) is 16.3. The SMILES string of the molecule is CCn1c(SCC(=O)NCc2ccc(Oc3cccnc3)c(F)c2)nnc1-c1ccccc1C. The van der Waals surface area contributed by atoms with Gasteiger partial charge in [0.2, 0.25) is 5.91 Å². The minimum Gasteiger partial charge on any atom is -0.453 e. The summed E-state index contributed by atoms with van der Waals surface area (Å²) in [6.07, 6.45) is 3.12. The van der Waals surface area contributed by atoms with Crippen molar-refractivity contribution in [2.75, 3.05) is 5.75 Å². The molecule has 0 radical (unpaired) electrons. The zero-order valence-electron chi connectivity index (χ0n) is 18.9. The Hall–Kier alpha value is -3.72. The molecule has 0 saturated carbocycles. The average Bonchev–Trinajstić information content (AvgIpc) is 3.26. The second-order valence-electron chi connectivity index (χ2n) is 7.49. The van der Waals surface area contributed by atoms with E-state index in [4.69, 9.17) is 4.74 Å². The number of halogens is 1. The van der Waals surface area contributed by atoms with Crippen LogP contribution in [0.15, 0.2) is 72.1 Å². The molecule has 0 saturated heterocycles. The van der Waals surface area contributed by atoms with Gasteiger partial charge in [-0.3, -0.25) is 9.78 Å². The zero-order chi connectivity index (χ0) is 23.9. The van der Waals surface area contributed by atoms with Crippen molar-refractivity contribution >= 4 is 17.7 Å². The minimum absolute atomic E-state index is 0.0991. The Labute approximate surface area is 201 Å². The van der Waals surface area contributed by atoms with Crippen LogP contribution in [0.4, 0.5) is 4.39 Å². The van der Waals surface area contributed by atoms with E-state index in [1.54, 1.807) is 24.4 Å². The van der Waals surface area contributed by atoms with Crippen LogP contribution in [-0.4, -0.2) is 31.4 Å². The fraction of sp³-hybridized carbons (Fsp3) is 0.200. The fourth-order valence-electron chi connectivity index (χ4n) is 3.36. The molecule has 0 unspecified atom stereocenters. The van der Waals surface area contributed by atoms with Crippen molar-refractivity contribution in [2.45, 2.75) is 32.1 Å². The summed E-state index contributed by atoms with van der Waals surface area (Å²) in [5.74, 6) is 0.824. The lowest BCUT2D eigenvalue weighted by atomic mass is 10.1. The molecule has 0 bridgehead atoms. The van der Waals surface area contributed by atoms with Gasteiger partial charge in [-0.15, -0.1) is 10.2 Å². The van der Waals surface area contributed by atoms with E-state index in [1.807, 2.05) is 42.7 Å². The van der Waals surface area contributed by atoms with Crippen LogP contribution >= 0.6 is 11.8 Å². The summed E-state index contributed by atoms with van der Waals surface area (Å²) in [7, 11) is 0. The van der Waals surface area contributed by atoms with Gasteiger partial charge in [0.05, 0.1) is 11.9 Å². The number of nitrogens with one attached hydrogen (secondary N) is 1. The Morgan fingerprint density at radius 1 is 1.15 bits per heavy atom. The first-order valence-corrected chi connectivity index (χ1v) is 11.8. The van der Waals surface area contributed by atoms with E-state index in [2.05, 4.69) is 20.5 Å². The standard InChI is InChI=1S/C25H24FN5O2S/c1-3-31-24(20-9-5-4-7-17(20)2)29-30-25(31)34-16-23(32)28-14-18-10-11-22(21(26)13-18)33-19-8-6-12-27-15-19/h4-13,15H,3,14,16H2,1-2H3,(H,28,32). The fourth-order valence-corrected chi connectivity index (χ4v) is 4.19. The van der Waals surface area contributed by atoms with Gasteiger partial charge < -0.3 is 14.6 Å². The topological polar surface area (TPSA) is 81.9 Å². The molecule has 1 N–H and O–H groups in total. The Balaban J connectivity index is 1.33. The number of hydrogen-bond donors (Lipinski definition) is 1. The third kappa shape index (κ3) is 5.60. The highest BCUT2D eigenvalue weighted by atomic mass is 32.2. The maximum atomic E-state index is 14.4. The predicted octanol–water partition coefficient (Wildman–Crippen LogP) is 5.01. The molecule has 9 heteroatoms. The van der Waals surface area contributed by atoms with Crippen LogP contribution < -0.4 is 10.1 Å². The quantitative estimate of drug-likeness (QED) is 0.341. The number of carbonyl (C=O) groups excluding carboxylic acids is 1. The number of amides is 1. The molecule has 2 aromatic carbocycles. The summed E-state index contributed by atoms with van der Waals surface area (Å²) in [5.41, 5.74) is 2.77. The van der Waals surface area contributed by atoms with E-state index in [-0.39, 0.29) is 24.0 Å². The molecular weight excluding hydrogens is 453 g/mol. The van der Waals surface area contributed by atoms with E-state index in [0.717, 1.165) is 17.0 Å². The monoisotopic (exact) mass is 477 g/mol. The van der Waals surface area contributed by atoms with Crippen LogP contribution in [-0.2, 0) is 17.9 Å². The number of nitrogens with zero attached hydrogens (tertiary/aromatic N) is 4. The third-order valence-corrected chi connectivity index (χ3v) is 6.07. The van der Waals surface area contributed by atoms with E-state index >= 15 is 0 Å². The molecule has 4 aromatic rings. The number of ether oxygens (including phenoxy) is 1. The largest absolute Gasteiger partial charge is 0.453 e. The highest BCUT2D eigenvalue weighted by Crippen LogP contribution is 2.27. The number of aryl methyl sites for hydroxylation is 1. The van der Waals surface area contributed by atoms with Gasteiger partial charge in [0, 0.05) is 24.8 Å². The lowest BCUT2D eigenvalue weighted by Gasteiger charge is -2.10. The Morgan fingerprint density at radius 3 is 2.74 bits per heavy atom. The summed E-state index contributed by atoms with van der Waals surface area (Å²) in [5, 5.41) is 12.1. The molecular formula is C25H24FN5O2S. The van der Waals surface area contributed by atoms with Gasteiger partial charge in [0.1, 0.15) is 5.75 Å². The number of rotatable bonds is 9. The minimum atomic E-state index is -0.509. The summed E-state index contributed by atoms with van der Waals surface area (Å²) in [6, 6.07) is 16.0. The van der Waals surface area contributed by atoms with Crippen LogP contribution in [0.2, 0.25) is 0 Å². The predicted molar refractivity (Wildman–Crippen MR) is 129 cm³/mol. The van der Waals surface area contributed by atoms with Crippen molar-refractivity contribution < 1.29 is 13.9 Å². The number of benzene rings is 2. The Morgan fingerprint density at radius 2 is 2.00 bits per heavy atom. The highest BCUT2D eigenvalue weighted by molar-refractivity contribution is 7.99. The molecule has 34 heavy (non-hydrogen) atoms. The first-order valence-electron chi connectivity index (χ1n) is 10.8. The number of carbonyl (C=O) groups is 1. The van der Waals surface area contributed by atoms with Gasteiger partial charge in [-0.05, 0) is 49.2 Å². The average molecular weight is 478 g/mol. The second-order valence-corrected chi connectivity index (χ2v) is 8.43. The van der Waals surface area contributed by atoms with Gasteiger partial charge in [0.15, 0.2) is 22.5 Å². The molecule has 4 rings (SSSR count). The van der Waals surface area contributed by atoms with E-state index in [0.29, 0.717) is 23.0 Å². The van der Waals surface area contributed by atoms with E-state index in [9.17, 15) is 9.18 Å². The molecule has 2 aromatic heterocycles. The number of hydrogen-bond acceptors (Lipinski definition) is 6. The van der Waals surface area contributed by atoms with E-state index < -0.39 is 5.82 Å². The molecule has 1 amide bonds. The van der Waals surface area contributed by atoms with Crippen LogP contribution in [0.3, 0.4) is 0 Å². The lowest BCUT2D eigenvalue weighted by molar-refractivity contribution is -0.118. The lowest BCUT2D eigenvalue weighted by Crippen LogP contribution is -2.24. The summed E-state index contributed by atoms with van der Waals surface area (Å²) in [6.45, 7) is 4.95. The highest BCUT2D eigenvalue weighted by Gasteiger charge is 2.16. The smallest absolute Gasteiger partial charge is 0.230 e. The molecule has 0 aliphatic rings. The molecule has 7 nitrogen and oxygen atoms in total. The van der Waals surface area contributed by atoms with Crippen LogP contribution in [0, 0.1) is 12.7 Å². The van der Waals surface area contributed by atoms with E-state index in [1.165, 1.54) is 30.1 Å². The number of aromatic nitrogens is 4. The van der Waals surface area contributed by atoms with Crippen molar-refractivity contribution in [1.29, 1.82) is 0 Å². The normalized spacial score (nSPS) is 10.8. The van der Waals surface area contributed by atoms with Gasteiger partial charge in [-0.2, -0.15) is 0 Å². The molecule has 0 aliphatic carbocycles.